The number of piperidine rings is 1. The van der Waals surface area contributed by atoms with Crippen molar-refractivity contribution in [1.29, 1.82) is 0 Å². The number of hydrogen-bond donors (Lipinski definition) is 3. The molecule has 2 fully saturated rings. The van der Waals surface area contributed by atoms with Crippen molar-refractivity contribution in [1.82, 2.24) is 5.32 Å². The minimum absolute atomic E-state index is 0. The number of para-hydroxylation sites is 1. The van der Waals surface area contributed by atoms with Gasteiger partial charge in [0.15, 0.2) is 0 Å². The summed E-state index contributed by atoms with van der Waals surface area (Å²) in [5.74, 6) is -0.541. The molecule has 1 spiro atoms. The molecule has 2 aromatic rings. The van der Waals surface area contributed by atoms with E-state index in [0.29, 0.717) is 0 Å². The van der Waals surface area contributed by atoms with E-state index >= 15 is 0 Å². The second-order valence-electron chi connectivity index (χ2n) is 7.76. The number of halogens is 2. The van der Waals surface area contributed by atoms with Gasteiger partial charge in [0, 0.05) is 11.6 Å². The van der Waals surface area contributed by atoms with E-state index < -0.39 is 5.82 Å². The molecular formula is C22H25ClFN3O2. The molecule has 7 heteroatoms. The summed E-state index contributed by atoms with van der Waals surface area (Å²) in [7, 11) is 0. The van der Waals surface area contributed by atoms with Crippen molar-refractivity contribution in [2.45, 2.75) is 25.7 Å². The Morgan fingerprint density at radius 1 is 1.03 bits per heavy atom. The fourth-order valence-electron chi connectivity index (χ4n) is 4.07. The minimum Gasteiger partial charge on any atom is -0.326 e. The van der Waals surface area contributed by atoms with E-state index in [2.05, 4.69) is 16.0 Å². The van der Waals surface area contributed by atoms with Crippen molar-refractivity contribution in [2.75, 3.05) is 23.7 Å². The Kier molecular flexibility index (Phi) is 6.55. The van der Waals surface area contributed by atoms with Gasteiger partial charge < -0.3 is 16.0 Å². The van der Waals surface area contributed by atoms with Crippen LogP contribution in [0.3, 0.4) is 0 Å². The summed E-state index contributed by atoms with van der Waals surface area (Å²) >= 11 is 0. The van der Waals surface area contributed by atoms with E-state index in [1.54, 1.807) is 24.3 Å². The molecule has 1 atom stereocenters. The molecule has 154 valence electrons. The molecule has 29 heavy (non-hydrogen) atoms. The number of carbonyl (C=O) groups excluding carboxylic acids is 2. The Hall–Kier alpha value is -2.44. The monoisotopic (exact) mass is 417 g/mol. The van der Waals surface area contributed by atoms with Gasteiger partial charge in [-0.05, 0) is 67.6 Å². The molecule has 2 aliphatic rings. The van der Waals surface area contributed by atoms with Crippen LogP contribution >= 0.6 is 12.4 Å². The normalized spacial score (nSPS) is 19.1. The molecule has 1 saturated heterocycles. The highest BCUT2D eigenvalue weighted by molar-refractivity contribution is 5.95. The molecule has 2 aromatic carbocycles. The lowest BCUT2D eigenvalue weighted by Crippen LogP contribution is -2.31. The summed E-state index contributed by atoms with van der Waals surface area (Å²) in [6.07, 6.45) is 3.26. The third-order valence-electron chi connectivity index (χ3n) is 5.84. The standard InChI is InChI=1S/C22H24FN3O2.ClH/c23-18-3-1-2-4-19(18)26-20(27)13-15-5-7-16(8-6-15)25-21(28)17-14-22(17)9-11-24-12-10-22;/h1-8,17,24H,9-14H2,(H,25,28)(H,26,27);1H. The lowest BCUT2D eigenvalue weighted by atomic mass is 9.92. The molecule has 4 rings (SSSR count). The molecule has 2 amide bonds. The van der Waals surface area contributed by atoms with Crippen LogP contribution in [-0.2, 0) is 16.0 Å². The molecule has 1 heterocycles. The van der Waals surface area contributed by atoms with Crippen LogP contribution in [0.4, 0.5) is 15.8 Å². The van der Waals surface area contributed by atoms with Crippen molar-refractivity contribution in [3.8, 4) is 0 Å². The maximum atomic E-state index is 13.6. The SMILES string of the molecule is Cl.O=C(Cc1ccc(NC(=O)C2CC23CCNCC3)cc1)Nc1ccccc1F. The van der Waals surface area contributed by atoms with Crippen LogP contribution in [0, 0.1) is 17.2 Å². The molecule has 0 bridgehead atoms. The van der Waals surface area contributed by atoms with Crippen LogP contribution in [0.2, 0.25) is 0 Å². The summed E-state index contributed by atoms with van der Waals surface area (Å²) in [6.45, 7) is 1.99. The smallest absolute Gasteiger partial charge is 0.228 e. The van der Waals surface area contributed by atoms with Gasteiger partial charge in [-0.2, -0.15) is 0 Å². The number of carbonyl (C=O) groups is 2. The first-order chi connectivity index (χ1) is 13.6. The summed E-state index contributed by atoms with van der Waals surface area (Å²) in [4.78, 5) is 24.6. The number of benzene rings is 2. The van der Waals surface area contributed by atoms with Gasteiger partial charge in [-0.25, -0.2) is 4.39 Å². The first-order valence-electron chi connectivity index (χ1n) is 9.71. The molecule has 1 aliphatic heterocycles. The molecule has 1 unspecified atom stereocenters. The largest absolute Gasteiger partial charge is 0.326 e. The summed E-state index contributed by atoms with van der Waals surface area (Å²) in [5.41, 5.74) is 1.92. The number of rotatable bonds is 5. The number of hydrogen-bond acceptors (Lipinski definition) is 3. The van der Waals surface area contributed by atoms with Gasteiger partial charge in [0.1, 0.15) is 5.82 Å². The van der Waals surface area contributed by atoms with Gasteiger partial charge in [0.05, 0.1) is 12.1 Å². The van der Waals surface area contributed by atoms with Crippen LogP contribution in [0.25, 0.3) is 0 Å². The second kappa shape index (κ2) is 8.93. The molecule has 0 aromatic heterocycles. The van der Waals surface area contributed by atoms with E-state index in [1.165, 1.54) is 12.1 Å². The third-order valence-corrected chi connectivity index (χ3v) is 5.84. The topological polar surface area (TPSA) is 70.2 Å². The average Bonchev–Trinajstić information content (AvgIpc) is 3.39. The fraction of sp³-hybridized carbons (Fsp3) is 0.364. The van der Waals surface area contributed by atoms with Crippen LogP contribution < -0.4 is 16.0 Å². The van der Waals surface area contributed by atoms with Crippen molar-refractivity contribution in [3.05, 3.63) is 59.9 Å². The highest BCUT2D eigenvalue weighted by atomic mass is 35.5. The highest BCUT2D eigenvalue weighted by Crippen LogP contribution is 2.58. The van der Waals surface area contributed by atoms with Gasteiger partial charge in [-0.3, -0.25) is 9.59 Å². The fourth-order valence-corrected chi connectivity index (χ4v) is 4.07. The Labute approximate surface area is 175 Å². The molecule has 1 aliphatic carbocycles. The first kappa shape index (κ1) is 21.3. The average molecular weight is 418 g/mol. The summed E-state index contributed by atoms with van der Waals surface area (Å²) < 4.78 is 13.6. The Morgan fingerprint density at radius 3 is 2.41 bits per heavy atom. The second-order valence-corrected chi connectivity index (χ2v) is 7.76. The zero-order valence-electron chi connectivity index (χ0n) is 16.0. The van der Waals surface area contributed by atoms with Gasteiger partial charge >= 0.3 is 0 Å². The predicted molar refractivity (Wildman–Crippen MR) is 114 cm³/mol. The van der Waals surface area contributed by atoms with Gasteiger partial charge in [0.2, 0.25) is 11.8 Å². The predicted octanol–water partition coefficient (Wildman–Crippen LogP) is 3.76. The maximum Gasteiger partial charge on any atom is 0.228 e. The highest BCUT2D eigenvalue weighted by Gasteiger charge is 2.57. The quantitative estimate of drug-likeness (QED) is 0.693. The lowest BCUT2D eigenvalue weighted by molar-refractivity contribution is -0.118. The Bertz CT molecular complexity index is 882. The maximum absolute atomic E-state index is 13.6. The van der Waals surface area contributed by atoms with Crippen LogP contribution in [0.5, 0.6) is 0 Å². The molecule has 3 N–H and O–H groups in total. The van der Waals surface area contributed by atoms with Crippen LogP contribution in [0.15, 0.2) is 48.5 Å². The molecule has 0 radical (unpaired) electrons. The molecule has 1 saturated carbocycles. The lowest BCUT2D eigenvalue weighted by Gasteiger charge is -2.23. The van der Waals surface area contributed by atoms with E-state index in [1.807, 2.05) is 12.1 Å². The van der Waals surface area contributed by atoms with Crippen molar-refractivity contribution in [2.24, 2.45) is 11.3 Å². The third kappa shape index (κ3) is 4.95. The summed E-state index contributed by atoms with van der Waals surface area (Å²) in [6, 6.07) is 13.3. The van der Waals surface area contributed by atoms with E-state index in [4.69, 9.17) is 0 Å². The Morgan fingerprint density at radius 2 is 1.72 bits per heavy atom. The van der Waals surface area contributed by atoms with Crippen LogP contribution in [-0.4, -0.2) is 24.9 Å². The zero-order chi connectivity index (χ0) is 19.6. The van der Waals surface area contributed by atoms with Crippen molar-refractivity contribution < 1.29 is 14.0 Å². The number of amides is 2. The van der Waals surface area contributed by atoms with Crippen LogP contribution in [0.1, 0.15) is 24.8 Å². The first-order valence-corrected chi connectivity index (χ1v) is 9.71. The minimum atomic E-state index is -0.458. The molecule has 5 nitrogen and oxygen atoms in total. The molecular weight excluding hydrogens is 393 g/mol. The van der Waals surface area contributed by atoms with E-state index in [-0.39, 0.29) is 47.7 Å². The number of anilines is 2. The summed E-state index contributed by atoms with van der Waals surface area (Å²) in [5, 5.41) is 8.91. The Balaban J connectivity index is 0.00000240. The van der Waals surface area contributed by atoms with E-state index in [9.17, 15) is 14.0 Å². The van der Waals surface area contributed by atoms with Gasteiger partial charge in [-0.15, -0.1) is 12.4 Å². The number of nitrogens with one attached hydrogen (secondary N) is 3. The zero-order valence-corrected chi connectivity index (χ0v) is 16.9. The van der Waals surface area contributed by atoms with Gasteiger partial charge in [-0.1, -0.05) is 24.3 Å². The van der Waals surface area contributed by atoms with Gasteiger partial charge in [0.25, 0.3) is 0 Å². The van der Waals surface area contributed by atoms with Crippen molar-refractivity contribution >= 4 is 35.6 Å². The van der Waals surface area contributed by atoms with Crippen molar-refractivity contribution in [3.63, 3.8) is 0 Å². The van der Waals surface area contributed by atoms with E-state index in [0.717, 1.165) is 43.6 Å².